The number of amides is 1. The Balaban J connectivity index is 1.46. The van der Waals surface area contributed by atoms with Gasteiger partial charge in [-0.05, 0) is 30.0 Å². The molecule has 2 aliphatic heterocycles. The van der Waals surface area contributed by atoms with Crippen molar-refractivity contribution >= 4 is 11.9 Å². The summed E-state index contributed by atoms with van der Waals surface area (Å²) in [4.78, 5) is 28.0. The average Bonchev–Trinajstić information content (AvgIpc) is 3.45. The molecule has 2 atom stereocenters. The van der Waals surface area contributed by atoms with Crippen LogP contribution in [0.25, 0.3) is 0 Å². The second-order valence-corrected chi connectivity index (χ2v) is 10.0. The van der Waals surface area contributed by atoms with Gasteiger partial charge in [-0.25, -0.2) is 4.79 Å². The van der Waals surface area contributed by atoms with Crippen molar-refractivity contribution in [2.24, 2.45) is 0 Å². The number of aliphatic carboxylic acids is 1. The highest BCUT2D eigenvalue weighted by molar-refractivity contribution is 5.88. The molecule has 0 spiro atoms. The number of benzene rings is 2. The number of hydrogen-bond donors (Lipinski definition) is 1. The molecule has 8 nitrogen and oxygen atoms in total. The number of ether oxygens (including phenoxy) is 4. The quantitative estimate of drug-likeness (QED) is 0.567. The van der Waals surface area contributed by atoms with Gasteiger partial charge in [-0.1, -0.05) is 49.2 Å². The maximum Gasteiger partial charge on any atom is 0.326 e. The summed E-state index contributed by atoms with van der Waals surface area (Å²) in [6.07, 6.45) is 4.76. The lowest BCUT2D eigenvalue weighted by molar-refractivity contribution is -0.160. The van der Waals surface area contributed by atoms with Crippen molar-refractivity contribution < 1.29 is 33.6 Å². The van der Waals surface area contributed by atoms with Gasteiger partial charge in [0.05, 0.1) is 26.4 Å². The molecule has 8 heteroatoms. The van der Waals surface area contributed by atoms with Gasteiger partial charge in [0.25, 0.3) is 5.91 Å². The number of methoxy groups -OCH3 is 1. The van der Waals surface area contributed by atoms with Crippen molar-refractivity contribution in [3.8, 4) is 11.5 Å². The first-order chi connectivity index (χ1) is 18.0. The summed E-state index contributed by atoms with van der Waals surface area (Å²) >= 11 is 0. The average molecular weight is 510 g/mol. The maximum absolute atomic E-state index is 14.0. The van der Waals surface area contributed by atoms with Gasteiger partial charge in [-0.3, -0.25) is 4.79 Å². The number of carboxylic acid groups (broad SMARTS) is 1. The predicted molar refractivity (Wildman–Crippen MR) is 136 cm³/mol. The smallest absolute Gasteiger partial charge is 0.326 e. The Morgan fingerprint density at radius 1 is 1.00 bits per heavy atom. The summed E-state index contributed by atoms with van der Waals surface area (Å²) in [5, 5.41) is 10.2. The van der Waals surface area contributed by atoms with E-state index in [1.807, 2.05) is 42.5 Å². The highest BCUT2D eigenvalue weighted by Gasteiger charge is 2.41. The van der Waals surface area contributed by atoms with E-state index in [-0.39, 0.29) is 31.1 Å². The number of fused-ring (bicyclic) bond motifs is 1. The summed E-state index contributed by atoms with van der Waals surface area (Å²) < 4.78 is 23.8. The Labute approximate surface area is 217 Å². The minimum Gasteiger partial charge on any atom is -0.493 e. The molecule has 2 aromatic carbocycles. The van der Waals surface area contributed by atoms with Gasteiger partial charge in [-0.15, -0.1) is 0 Å². The number of carbonyl (C=O) groups is 2. The van der Waals surface area contributed by atoms with Crippen molar-refractivity contribution in [2.75, 3.05) is 20.3 Å². The summed E-state index contributed by atoms with van der Waals surface area (Å²) in [6.45, 7) is 1.42. The second-order valence-electron chi connectivity index (χ2n) is 10.0. The molecule has 1 saturated carbocycles. The lowest BCUT2D eigenvalue weighted by Crippen LogP contribution is -2.51. The largest absolute Gasteiger partial charge is 0.493 e. The van der Waals surface area contributed by atoms with Crippen molar-refractivity contribution in [3.05, 3.63) is 59.2 Å². The molecule has 37 heavy (non-hydrogen) atoms. The van der Waals surface area contributed by atoms with E-state index in [0.29, 0.717) is 24.7 Å². The summed E-state index contributed by atoms with van der Waals surface area (Å²) in [5.41, 5.74) is 2.39. The van der Waals surface area contributed by atoms with E-state index in [0.717, 1.165) is 55.2 Å². The van der Waals surface area contributed by atoms with Crippen LogP contribution in [0.4, 0.5) is 0 Å². The van der Waals surface area contributed by atoms with Crippen LogP contribution >= 0.6 is 0 Å². The van der Waals surface area contributed by atoms with E-state index in [1.54, 1.807) is 7.11 Å². The minimum absolute atomic E-state index is 0.00162. The molecule has 1 amide bonds. The Morgan fingerprint density at radius 2 is 1.73 bits per heavy atom. The molecule has 2 heterocycles. The third-order valence-electron chi connectivity index (χ3n) is 7.63. The van der Waals surface area contributed by atoms with Crippen molar-refractivity contribution in [3.63, 3.8) is 0 Å². The first-order valence-electron chi connectivity index (χ1n) is 13.2. The SMILES string of the molecule is COc1ccc2c(c1OC1CCOCC1)C[C@H](C(=O)O)N(C(=O)[C@@H](OC1CCCC1)c1ccccc1)C2. The standard InChI is InChI=1S/C29H35NO7/c1-34-25-12-11-20-18-30(24(29(32)33)17-23(20)27(25)37-22-13-15-35-16-14-22)28(31)26(19-7-3-2-4-8-19)36-21-9-5-6-10-21/h2-4,7-8,11-12,21-22,24,26H,5-6,9-10,13-18H2,1H3,(H,32,33)/t24-,26+/m1/s1. The molecular formula is C29H35NO7. The number of carbonyl (C=O) groups excluding carboxylic acids is 1. The van der Waals surface area contributed by atoms with Crippen LogP contribution in [-0.2, 0) is 32.0 Å². The Hall–Kier alpha value is -3.10. The highest BCUT2D eigenvalue weighted by atomic mass is 16.5. The normalized spacial score (nSPS) is 21.3. The Bertz CT molecular complexity index is 1090. The first kappa shape index (κ1) is 25.5. The van der Waals surface area contributed by atoms with Crippen molar-refractivity contribution in [1.82, 2.24) is 4.90 Å². The molecule has 1 aliphatic carbocycles. The molecule has 198 valence electrons. The maximum atomic E-state index is 14.0. The molecule has 3 aliphatic rings. The Kier molecular flexibility index (Phi) is 7.96. The highest BCUT2D eigenvalue weighted by Crippen LogP contribution is 2.41. The van der Waals surface area contributed by atoms with Crippen LogP contribution in [0.2, 0.25) is 0 Å². The van der Waals surface area contributed by atoms with Gasteiger partial charge in [-0.2, -0.15) is 0 Å². The minimum atomic E-state index is -1.05. The Morgan fingerprint density at radius 3 is 2.41 bits per heavy atom. The molecule has 1 saturated heterocycles. The van der Waals surface area contributed by atoms with Gasteiger partial charge in [0.15, 0.2) is 17.6 Å². The van der Waals surface area contributed by atoms with Crippen LogP contribution < -0.4 is 9.47 Å². The third kappa shape index (κ3) is 5.60. The van der Waals surface area contributed by atoms with Crippen LogP contribution in [0.15, 0.2) is 42.5 Å². The van der Waals surface area contributed by atoms with Crippen LogP contribution in [0.3, 0.4) is 0 Å². The number of carboxylic acids is 1. The van der Waals surface area contributed by atoms with E-state index in [9.17, 15) is 14.7 Å². The first-order valence-corrected chi connectivity index (χ1v) is 13.2. The summed E-state index contributed by atoms with van der Waals surface area (Å²) in [6, 6.07) is 12.1. The fraction of sp³-hybridized carbons (Fsp3) is 0.517. The molecule has 0 aromatic heterocycles. The number of hydrogen-bond acceptors (Lipinski definition) is 6. The van der Waals surface area contributed by atoms with Crippen molar-refractivity contribution in [2.45, 2.75) is 75.8 Å². The fourth-order valence-electron chi connectivity index (χ4n) is 5.59. The van der Waals surface area contributed by atoms with E-state index in [2.05, 4.69) is 0 Å². The molecule has 2 aromatic rings. The molecule has 5 rings (SSSR count). The number of rotatable bonds is 8. The van der Waals surface area contributed by atoms with Gasteiger partial charge in [0.2, 0.25) is 0 Å². The zero-order valence-electron chi connectivity index (χ0n) is 21.3. The zero-order valence-corrected chi connectivity index (χ0v) is 21.3. The lowest BCUT2D eigenvalue weighted by atomic mass is 9.91. The van der Waals surface area contributed by atoms with Crippen LogP contribution in [0.5, 0.6) is 11.5 Å². The van der Waals surface area contributed by atoms with Crippen LogP contribution in [-0.4, -0.2) is 60.5 Å². The van der Waals surface area contributed by atoms with Gasteiger partial charge >= 0.3 is 5.97 Å². The van der Waals surface area contributed by atoms with E-state index in [4.69, 9.17) is 18.9 Å². The molecule has 0 unspecified atom stereocenters. The van der Waals surface area contributed by atoms with Gasteiger partial charge < -0.3 is 29.0 Å². The molecule has 0 radical (unpaired) electrons. The summed E-state index contributed by atoms with van der Waals surface area (Å²) in [7, 11) is 1.58. The molecule has 0 bridgehead atoms. The molecule has 1 N–H and O–H groups in total. The third-order valence-corrected chi connectivity index (χ3v) is 7.63. The van der Waals surface area contributed by atoms with E-state index >= 15 is 0 Å². The van der Waals surface area contributed by atoms with E-state index < -0.39 is 18.1 Å². The topological polar surface area (TPSA) is 94.5 Å². The predicted octanol–water partition coefficient (Wildman–Crippen LogP) is 4.29. The monoisotopic (exact) mass is 509 g/mol. The van der Waals surface area contributed by atoms with E-state index in [1.165, 1.54) is 4.90 Å². The lowest BCUT2D eigenvalue weighted by Gasteiger charge is -2.38. The summed E-state index contributed by atoms with van der Waals surface area (Å²) in [5.74, 6) is -0.224. The van der Waals surface area contributed by atoms with Gasteiger partial charge in [0, 0.05) is 31.4 Å². The zero-order chi connectivity index (χ0) is 25.8. The van der Waals surface area contributed by atoms with Crippen molar-refractivity contribution in [1.29, 1.82) is 0 Å². The molecule has 2 fully saturated rings. The number of nitrogens with zero attached hydrogens (tertiary/aromatic N) is 1. The fourth-order valence-corrected chi connectivity index (χ4v) is 5.59. The molecular weight excluding hydrogens is 474 g/mol. The van der Waals surface area contributed by atoms with Crippen LogP contribution in [0.1, 0.15) is 61.3 Å². The van der Waals surface area contributed by atoms with Crippen LogP contribution in [0, 0.1) is 0 Å². The second kappa shape index (κ2) is 11.5. The van der Waals surface area contributed by atoms with Gasteiger partial charge in [0.1, 0.15) is 12.1 Å².